The molecule has 2 aromatic rings. The highest BCUT2D eigenvalue weighted by Crippen LogP contribution is 2.31. The SMILES string of the molecule is CCCc1nc2cccc(C(=O)O)c2n1CCC1CCC1. The molecule has 3 rings (SSSR count). The lowest BCUT2D eigenvalue weighted by molar-refractivity contribution is 0.0698. The number of para-hydroxylation sites is 1. The molecular formula is C17H22N2O2. The van der Waals surface area contributed by atoms with Crippen LogP contribution in [0.3, 0.4) is 0 Å². The maximum Gasteiger partial charge on any atom is 0.337 e. The average Bonchev–Trinajstić information content (AvgIpc) is 2.75. The van der Waals surface area contributed by atoms with Crippen molar-refractivity contribution in [3.8, 4) is 0 Å². The molecule has 0 atom stereocenters. The van der Waals surface area contributed by atoms with Crippen molar-refractivity contribution in [3.05, 3.63) is 29.6 Å². The maximum absolute atomic E-state index is 11.5. The molecule has 4 heteroatoms. The Morgan fingerprint density at radius 1 is 1.43 bits per heavy atom. The predicted octanol–water partition coefficient (Wildman–Crippen LogP) is 3.88. The molecular weight excluding hydrogens is 264 g/mol. The van der Waals surface area contributed by atoms with Crippen molar-refractivity contribution in [2.75, 3.05) is 0 Å². The lowest BCUT2D eigenvalue weighted by Crippen LogP contribution is -2.15. The zero-order chi connectivity index (χ0) is 14.8. The summed E-state index contributed by atoms with van der Waals surface area (Å²) in [5.74, 6) is 0.975. The second kappa shape index (κ2) is 5.88. The molecule has 0 spiro atoms. The number of carbonyl (C=O) groups is 1. The van der Waals surface area contributed by atoms with Crippen molar-refractivity contribution in [2.45, 2.75) is 52.0 Å². The number of nitrogens with zero attached hydrogens (tertiary/aromatic N) is 2. The first-order chi connectivity index (χ1) is 10.2. The first-order valence-electron chi connectivity index (χ1n) is 7.92. The zero-order valence-corrected chi connectivity index (χ0v) is 12.5. The standard InChI is InChI=1S/C17H22N2O2/c1-2-5-15-18-14-9-4-8-13(17(20)21)16(14)19(15)11-10-12-6-3-7-12/h4,8-9,12H,2-3,5-7,10-11H2,1H3,(H,20,21). The van der Waals surface area contributed by atoms with E-state index < -0.39 is 5.97 Å². The van der Waals surface area contributed by atoms with Gasteiger partial charge in [0.2, 0.25) is 0 Å². The van der Waals surface area contributed by atoms with Gasteiger partial charge in [-0.2, -0.15) is 0 Å². The van der Waals surface area contributed by atoms with E-state index in [0.29, 0.717) is 5.56 Å². The third kappa shape index (κ3) is 2.67. The van der Waals surface area contributed by atoms with E-state index in [1.54, 1.807) is 12.1 Å². The van der Waals surface area contributed by atoms with Crippen molar-refractivity contribution >= 4 is 17.0 Å². The van der Waals surface area contributed by atoms with Gasteiger partial charge in [0.15, 0.2) is 0 Å². The molecule has 1 aromatic carbocycles. The summed E-state index contributed by atoms with van der Waals surface area (Å²) in [7, 11) is 0. The Kier molecular flexibility index (Phi) is 3.95. The van der Waals surface area contributed by atoms with E-state index in [-0.39, 0.29) is 0 Å². The van der Waals surface area contributed by atoms with Crippen molar-refractivity contribution in [1.29, 1.82) is 0 Å². The molecule has 1 aliphatic carbocycles. The highest BCUT2D eigenvalue weighted by molar-refractivity contribution is 6.01. The Bertz CT molecular complexity index is 656. The number of rotatable bonds is 6. The minimum Gasteiger partial charge on any atom is -0.478 e. The Morgan fingerprint density at radius 2 is 2.24 bits per heavy atom. The zero-order valence-electron chi connectivity index (χ0n) is 12.5. The van der Waals surface area contributed by atoms with Crippen LogP contribution in [0.5, 0.6) is 0 Å². The highest BCUT2D eigenvalue weighted by Gasteiger charge is 2.20. The minimum atomic E-state index is -0.867. The smallest absolute Gasteiger partial charge is 0.337 e. The fraction of sp³-hybridized carbons (Fsp3) is 0.529. The van der Waals surface area contributed by atoms with Crippen LogP contribution in [-0.2, 0) is 13.0 Å². The molecule has 4 nitrogen and oxygen atoms in total. The van der Waals surface area contributed by atoms with E-state index in [9.17, 15) is 9.90 Å². The van der Waals surface area contributed by atoms with Gasteiger partial charge in [-0.25, -0.2) is 9.78 Å². The summed E-state index contributed by atoms with van der Waals surface area (Å²) in [6.45, 7) is 3.02. The maximum atomic E-state index is 11.5. The third-order valence-electron chi connectivity index (χ3n) is 4.54. The second-order valence-electron chi connectivity index (χ2n) is 5.99. The molecule has 1 N–H and O–H groups in total. The van der Waals surface area contributed by atoms with Crippen molar-refractivity contribution in [3.63, 3.8) is 0 Å². The van der Waals surface area contributed by atoms with Crippen molar-refractivity contribution < 1.29 is 9.90 Å². The third-order valence-corrected chi connectivity index (χ3v) is 4.54. The number of carboxylic acid groups (broad SMARTS) is 1. The fourth-order valence-corrected chi connectivity index (χ4v) is 3.15. The average molecular weight is 286 g/mol. The number of imidazole rings is 1. The van der Waals surface area contributed by atoms with Gasteiger partial charge in [0, 0.05) is 13.0 Å². The summed E-state index contributed by atoms with van der Waals surface area (Å²) in [6.07, 6.45) is 7.05. The van der Waals surface area contributed by atoms with Crippen LogP contribution in [0.2, 0.25) is 0 Å². The Morgan fingerprint density at radius 3 is 2.86 bits per heavy atom. The number of carboxylic acids is 1. The molecule has 1 heterocycles. The molecule has 0 radical (unpaired) electrons. The largest absolute Gasteiger partial charge is 0.478 e. The van der Waals surface area contributed by atoms with E-state index in [0.717, 1.165) is 48.6 Å². The molecule has 0 amide bonds. The van der Waals surface area contributed by atoms with Crippen LogP contribution in [0.4, 0.5) is 0 Å². The molecule has 1 fully saturated rings. The summed E-state index contributed by atoms with van der Waals surface area (Å²) in [5.41, 5.74) is 1.98. The van der Waals surface area contributed by atoms with Gasteiger partial charge in [0.05, 0.1) is 16.6 Å². The minimum absolute atomic E-state index is 0.371. The van der Waals surface area contributed by atoms with Gasteiger partial charge in [-0.05, 0) is 30.9 Å². The topological polar surface area (TPSA) is 55.1 Å². The van der Waals surface area contributed by atoms with Crippen LogP contribution in [0.25, 0.3) is 11.0 Å². The molecule has 21 heavy (non-hydrogen) atoms. The van der Waals surface area contributed by atoms with Gasteiger partial charge in [-0.1, -0.05) is 32.3 Å². The van der Waals surface area contributed by atoms with Gasteiger partial charge < -0.3 is 9.67 Å². The van der Waals surface area contributed by atoms with Crippen molar-refractivity contribution in [2.24, 2.45) is 5.92 Å². The van der Waals surface area contributed by atoms with E-state index in [1.165, 1.54) is 19.3 Å². The molecule has 1 aromatic heterocycles. The van der Waals surface area contributed by atoms with E-state index in [2.05, 4.69) is 16.5 Å². The quantitative estimate of drug-likeness (QED) is 0.876. The highest BCUT2D eigenvalue weighted by atomic mass is 16.4. The number of aromatic nitrogens is 2. The summed E-state index contributed by atoms with van der Waals surface area (Å²) in [5, 5.41) is 9.44. The normalized spacial score (nSPS) is 15.3. The number of hydrogen-bond acceptors (Lipinski definition) is 2. The summed E-state index contributed by atoms with van der Waals surface area (Å²) < 4.78 is 2.15. The number of hydrogen-bond donors (Lipinski definition) is 1. The monoisotopic (exact) mass is 286 g/mol. The van der Waals surface area contributed by atoms with Crippen LogP contribution >= 0.6 is 0 Å². The first-order valence-corrected chi connectivity index (χ1v) is 7.92. The molecule has 0 unspecified atom stereocenters. The van der Waals surface area contributed by atoms with Gasteiger partial charge in [0.25, 0.3) is 0 Å². The summed E-state index contributed by atoms with van der Waals surface area (Å²) >= 11 is 0. The molecule has 0 bridgehead atoms. The molecule has 0 saturated heterocycles. The van der Waals surface area contributed by atoms with Crippen LogP contribution in [0.1, 0.15) is 55.2 Å². The van der Waals surface area contributed by atoms with Crippen molar-refractivity contribution in [1.82, 2.24) is 9.55 Å². The number of fused-ring (bicyclic) bond motifs is 1. The number of aryl methyl sites for hydroxylation is 2. The van der Waals surface area contributed by atoms with E-state index >= 15 is 0 Å². The predicted molar refractivity (Wildman–Crippen MR) is 82.6 cm³/mol. The molecule has 0 aliphatic heterocycles. The van der Waals surface area contributed by atoms with Crippen LogP contribution in [0, 0.1) is 5.92 Å². The molecule has 112 valence electrons. The van der Waals surface area contributed by atoms with Gasteiger partial charge in [-0.15, -0.1) is 0 Å². The lowest BCUT2D eigenvalue weighted by Gasteiger charge is -2.25. The van der Waals surface area contributed by atoms with E-state index in [1.807, 2.05) is 6.07 Å². The summed E-state index contributed by atoms with van der Waals surface area (Å²) in [4.78, 5) is 16.2. The Labute approximate surface area is 124 Å². The lowest BCUT2D eigenvalue weighted by atomic mass is 9.83. The Balaban J connectivity index is 2.02. The van der Waals surface area contributed by atoms with Crippen LogP contribution < -0.4 is 0 Å². The van der Waals surface area contributed by atoms with Crippen LogP contribution in [-0.4, -0.2) is 20.6 Å². The van der Waals surface area contributed by atoms with Crippen LogP contribution in [0.15, 0.2) is 18.2 Å². The Hall–Kier alpha value is -1.84. The number of benzene rings is 1. The second-order valence-corrected chi connectivity index (χ2v) is 5.99. The van der Waals surface area contributed by atoms with Gasteiger partial charge in [0.1, 0.15) is 5.82 Å². The number of aromatic carboxylic acids is 1. The van der Waals surface area contributed by atoms with Gasteiger partial charge >= 0.3 is 5.97 Å². The van der Waals surface area contributed by atoms with E-state index in [4.69, 9.17) is 0 Å². The van der Waals surface area contributed by atoms with Gasteiger partial charge in [-0.3, -0.25) is 0 Å². The first kappa shape index (κ1) is 14.1. The molecule has 1 saturated carbocycles. The summed E-state index contributed by atoms with van der Waals surface area (Å²) in [6, 6.07) is 5.38. The molecule has 1 aliphatic rings. The fourth-order valence-electron chi connectivity index (χ4n) is 3.15.